The van der Waals surface area contributed by atoms with E-state index < -0.39 is 11.0 Å². The molecule has 1 aliphatic carbocycles. The molecule has 0 unspecified atom stereocenters. The lowest BCUT2D eigenvalue weighted by Crippen LogP contribution is -2.51. The predicted molar refractivity (Wildman–Crippen MR) is 150 cm³/mol. The highest BCUT2D eigenvalue weighted by molar-refractivity contribution is 7.99. The Bertz CT molecular complexity index is 1170. The zero-order valence-corrected chi connectivity index (χ0v) is 24.0. The van der Waals surface area contributed by atoms with Gasteiger partial charge in [-0.15, -0.1) is 0 Å². The molecule has 37 heavy (non-hydrogen) atoms. The number of anilines is 3. The zero-order chi connectivity index (χ0) is 26.8. The van der Waals surface area contributed by atoms with Crippen LogP contribution in [-0.2, 0) is 15.8 Å². The van der Waals surface area contributed by atoms with Crippen LogP contribution < -0.4 is 26.2 Å². The van der Waals surface area contributed by atoms with Crippen LogP contribution in [-0.4, -0.2) is 48.9 Å². The van der Waals surface area contributed by atoms with Crippen molar-refractivity contribution < 1.29 is 9.00 Å². The van der Waals surface area contributed by atoms with Crippen molar-refractivity contribution in [3.8, 4) is 0 Å². The summed E-state index contributed by atoms with van der Waals surface area (Å²) < 4.78 is 15.9. The van der Waals surface area contributed by atoms with Gasteiger partial charge in [0, 0.05) is 37.1 Å². The molecule has 10 nitrogen and oxygen atoms in total. The maximum absolute atomic E-state index is 12.8. The summed E-state index contributed by atoms with van der Waals surface area (Å²) in [6, 6.07) is 2.03. The molecule has 1 amide bonds. The van der Waals surface area contributed by atoms with Gasteiger partial charge >= 0.3 is 0 Å². The lowest BCUT2D eigenvalue weighted by Gasteiger charge is -2.44. The van der Waals surface area contributed by atoms with E-state index in [1.54, 1.807) is 18.5 Å². The molecule has 4 rings (SSSR count). The largest absolute Gasteiger partial charge is 0.381 e. The van der Waals surface area contributed by atoms with Crippen LogP contribution in [0.15, 0.2) is 28.4 Å². The number of piperidine rings is 1. The number of nitrogens with zero attached hydrogens (tertiary/aromatic N) is 4. The number of nitrogen functional groups attached to an aromatic ring is 1. The summed E-state index contributed by atoms with van der Waals surface area (Å²) in [6.07, 6.45) is 8.76. The second-order valence-corrected chi connectivity index (χ2v) is 14.0. The van der Waals surface area contributed by atoms with E-state index in [4.69, 9.17) is 17.3 Å². The molecular weight excluding hydrogens is 532 g/mol. The van der Waals surface area contributed by atoms with Crippen LogP contribution in [0.1, 0.15) is 59.8 Å². The molecule has 202 valence electrons. The number of carbonyl (C=O) groups is 1. The molecule has 2 aromatic heterocycles. The number of nitrogens with two attached hydrogens (primary N) is 1. The highest BCUT2D eigenvalue weighted by atomic mass is 35.5. The lowest BCUT2D eigenvalue weighted by atomic mass is 9.74. The molecule has 5 N–H and O–H groups in total. The minimum Gasteiger partial charge on any atom is -0.381 e. The topological polar surface area (TPSA) is 138 Å². The van der Waals surface area contributed by atoms with Crippen LogP contribution in [0.2, 0.25) is 5.02 Å². The van der Waals surface area contributed by atoms with Gasteiger partial charge in [0.05, 0.1) is 27.0 Å². The van der Waals surface area contributed by atoms with Crippen LogP contribution in [0.25, 0.3) is 0 Å². The predicted octanol–water partition coefficient (Wildman–Crippen LogP) is 3.91. The summed E-state index contributed by atoms with van der Waals surface area (Å²) in [5.74, 6) is 1.16. The highest BCUT2D eigenvalue weighted by Crippen LogP contribution is 2.47. The molecule has 1 aliphatic heterocycles. The Labute approximate surface area is 229 Å². The molecule has 1 saturated carbocycles. The third-order valence-corrected chi connectivity index (χ3v) is 10.1. The standard InChI is InChI=1S/C24H35ClN8O2S2/c1-15(34)30-31-21-19(25)16(7-11-27-21)36-22-20(26)29-18(14-28-22)33-12-9-24(10-13-33)8-5-6-17(24)32-37(35)23(2,3)4/h7,11,14,17,32H,5-6,8-10,12-13H2,1-4H3,(H2,26,29)(H,27,31)(H,30,34)/t17-,37-/m1/s1. The van der Waals surface area contributed by atoms with E-state index >= 15 is 0 Å². The Morgan fingerprint density at radius 2 is 2.00 bits per heavy atom. The Morgan fingerprint density at radius 1 is 1.27 bits per heavy atom. The summed E-state index contributed by atoms with van der Waals surface area (Å²) in [5, 5.41) is 0.889. The average Bonchev–Trinajstić information content (AvgIpc) is 3.21. The third-order valence-electron chi connectivity index (χ3n) is 6.96. The number of carbonyl (C=O) groups excluding carboxylic acids is 1. The van der Waals surface area contributed by atoms with Gasteiger partial charge in [0.1, 0.15) is 10.8 Å². The number of halogens is 1. The number of nitrogens with one attached hydrogen (secondary N) is 3. The van der Waals surface area contributed by atoms with Crippen molar-refractivity contribution >= 4 is 57.7 Å². The number of rotatable bonds is 7. The Kier molecular flexibility index (Phi) is 8.51. The third kappa shape index (κ3) is 6.47. The van der Waals surface area contributed by atoms with Gasteiger partial charge in [-0.05, 0) is 57.9 Å². The molecule has 1 spiro atoms. The van der Waals surface area contributed by atoms with Gasteiger partial charge in [-0.2, -0.15) is 0 Å². The molecule has 2 aliphatic rings. The van der Waals surface area contributed by atoms with Crippen molar-refractivity contribution in [3.05, 3.63) is 23.5 Å². The Balaban J connectivity index is 1.41. The van der Waals surface area contributed by atoms with E-state index in [-0.39, 0.29) is 22.1 Å². The fourth-order valence-corrected chi connectivity index (χ4v) is 6.90. The smallest absolute Gasteiger partial charge is 0.235 e. The molecule has 1 saturated heterocycles. The van der Waals surface area contributed by atoms with Gasteiger partial charge in [-0.1, -0.05) is 29.8 Å². The normalized spacial score (nSPS) is 20.1. The van der Waals surface area contributed by atoms with Gasteiger partial charge in [0.2, 0.25) is 5.91 Å². The molecule has 0 bridgehead atoms. The van der Waals surface area contributed by atoms with E-state index in [9.17, 15) is 9.00 Å². The van der Waals surface area contributed by atoms with E-state index in [2.05, 4.69) is 35.4 Å². The average molecular weight is 567 g/mol. The first-order chi connectivity index (χ1) is 17.5. The number of hydrogen-bond donors (Lipinski definition) is 4. The first kappa shape index (κ1) is 27.9. The number of hydrogen-bond acceptors (Lipinski definition) is 9. The van der Waals surface area contributed by atoms with Crippen LogP contribution in [0.5, 0.6) is 0 Å². The maximum Gasteiger partial charge on any atom is 0.235 e. The molecule has 2 aromatic rings. The minimum atomic E-state index is -1.07. The first-order valence-electron chi connectivity index (χ1n) is 12.4. The SMILES string of the molecule is CC(=O)NNc1nccc(Sc2ncc(N3CCC4(CCC[C@H]4N[S@](=O)C(C)(C)C)CC3)nc2N)c1Cl. The maximum atomic E-state index is 12.8. The van der Waals surface area contributed by atoms with Crippen molar-refractivity contribution in [2.75, 3.05) is 29.1 Å². The summed E-state index contributed by atoms with van der Waals surface area (Å²) in [6.45, 7) is 9.13. The van der Waals surface area contributed by atoms with Crippen LogP contribution in [0.3, 0.4) is 0 Å². The van der Waals surface area contributed by atoms with Gasteiger partial charge < -0.3 is 10.6 Å². The summed E-state index contributed by atoms with van der Waals surface area (Å²) in [7, 11) is -1.07. The fraction of sp³-hybridized carbons (Fsp3) is 0.583. The first-order valence-corrected chi connectivity index (χ1v) is 14.7. The number of hydrazine groups is 1. The van der Waals surface area contributed by atoms with Gasteiger partial charge in [0.25, 0.3) is 0 Å². The monoisotopic (exact) mass is 566 g/mol. The number of pyridine rings is 1. The zero-order valence-electron chi connectivity index (χ0n) is 21.6. The fourth-order valence-electron chi connectivity index (χ4n) is 4.87. The van der Waals surface area contributed by atoms with Crippen molar-refractivity contribution in [1.29, 1.82) is 0 Å². The van der Waals surface area contributed by atoms with E-state index in [0.29, 0.717) is 26.6 Å². The molecule has 3 heterocycles. The van der Waals surface area contributed by atoms with Gasteiger partial charge in [0.15, 0.2) is 11.6 Å². The van der Waals surface area contributed by atoms with Crippen molar-refractivity contribution in [1.82, 2.24) is 25.1 Å². The molecule has 2 atom stereocenters. The summed E-state index contributed by atoms with van der Waals surface area (Å²) >= 11 is 7.75. The van der Waals surface area contributed by atoms with Crippen molar-refractivity contribution in [3.63, 3.8) is 0 Å². The summed E-state index contributed by atoms with van der Waals surface area (Å²) in [4.78, 5) is 27.5. The summed E-state index contributed by atoms with van der Waals surface area (Å²) in [5.41, 5.74) is 11.6. The van der Waals surface area contributed by atoms with Crippen LogP contribution in [0.4, 0.5) is 17.5 Å². The number of aromatic nitrogens is 3. The lowest BCUT2D eigenvalue weighted by molar-refractivity contribution is -0.118. The van der Waals surface area contributed by atoms with Crippen molar-refractivity contribution in [2.24, 2.45) is 5.41 Å². The van der Waals surface area contributed by atoms with Crippen LogP contribution >= 0.6 is 23.4 Å². The highest BCUT2D eigenvalue weighted by Gasteiger charge is 2.46. The molecule has 2 fully saturated rings. The number of amides is 1. The quantitative estimate of drug-likeness (QED) is 0.367. The van der Waals surface area contributed by atoms with E-state index in [1.807, 2.05) is 20.8 Å². The van der Waals surface area contributed by atoms with E-state index in [1.165, 1.54) is 18.7 Å². The molecule has 13 heteroatoms. The van der Waals surface area contributed by atoms with E-state index in [0.717, 1.165) is 51.0 Å². The van der Waals surface area contributed by atoms with Gasteiger partial charge in [-0.3, -0.25) is 15.6 Å². The Morgan fingerprint density at radius 3 is 2.65 bits per heavy atom. The van der Waals surface area contributed by atoms with Gasteiger partial charge in [-0.25, -0.2) is 23.9 Å². The minimum absolute atomic E-state index is 0.174. The Hall–Kier alpha value is -2.15. The van der Waals surface area contributed by atoms with Crippen LogP contribution in [0, 0.1) is 5.41 Å². The molecule has 0 aromatic carbocycles. The molecular formula is C24H35ClN8O2S2. The second kappa shape index (κ2) is 11.3. The second-order valence-electron chi connectivity index (χ2n) is 10.6. The van der Waals surface area contributed by atoms with Crippen molar-refractivity contribution in [2.45, 2.75) is 80.5 Å². The molecule has 0 radical (unpaired) electrons.